The van der Waals surface area contributed by atoms with E-state index in [4.69, 9.17) is 28.3 Å². The third-order valence-corrected chi connectivity index (χ3v) is 4.50. The van der Waals surface area contributed by atoms with Crippen molar-refractivity contribution in [3.05, 3.63) is 100 Å². The van der Waals surface area contributed by atoms with Gasteiger partial charge in [0.15, 0.2) is 0 Å². The molecule has 3 rings (SSSR count). The highest BCUT2D eigenvalue weighted by Crippen LogP contribution is 2.30. The molecule has 7 heteroatoms. The molecule has 0 heterocycles. The summed E-state index contributed by atoms with van der Waals surface area (Å²) in [5.41, 5.74) is 5.91. The van der Waals surface area contributed by atoms with Gasteiger partial charge >= 0.3 is 5.97 Å². The van der Waals surface area contributed by atoms with Gasteiger partial charge in [-0.1, -0.05) is 83.9 Å². The highest BCUT2D eigenvalue weighted by atomic mass is 35.5. The highest BCUT2D eigenvalue weighted by Gasteiger charge is 2.21. The average molecular weight is 428 g/mol. The maximum Gasteiger partial charge on any atom is 0.325 e. The van der Waals surface area contributed by atoms with Crippen LogP contribution in [0.15, 0.2) is 83.9 Å². The van der Waals surface area contributed by atoms with Crippen LogP contribution in [0.3, 0.4) is 0 Å². The number of benzene rings is 3. The Labute approximate surface area is 179 Å². The molecule has 0 spiro atoms. The quantitative estimate of drug-likeness (QED) is 0.282. The summed E-state index contributed by atoms with van der Waals surface area (Å²) < 4.78 is 0. The molecule has 0 aliphatic carbocycles. The molecule has 29 heavy (non-hydrogen) atoms. The maximum absolute atomic E-state index is 11.0. The molecule has 0 saturated heterocycles. The number of carboxylic acids is 1. The molecule has 0 amide bonds. The molecule has 0 aliphatic rings. The topological polar surface area (TPSA) is 64.9 Å². The van der Waals surface area contributed by atoms with Gasteiger partial charge in [0, 0.05) is 10.0 Å². The largest absolute Gasteiger partial charge is 0.480 e. The van der Waals surface area contributed by atoms with Gasteiger partial charge in [-0.15, -0.1) is 0 Å². The van der Waals surface area contributed by atoms with Crippen molar-refractivity contribution in [2.45, 2.75) is 6.04 Å². The third kappa shape index (κ3) is 5.98. The summed E-state index contributed by atoms with van der Waals surface area (Å²) in [5.74, 6) is -1.01. The number of aliphatic carboxylic acids is 1. The first-order chi connectivity index (χ1) is 14.0. The lowest BCUT2D eigenvalue weighted by Gasteiger charge is -2.32. The molecular weight excluding hydrogens is 409 g/mol. The molecule has 0 fully saturated rings. The molecule has 148 valence electrons. The van der Waals surface area contributed by atoms with Gasteiger partial charge in [-0.25, -0.2) is 0 Å². The molecule has 0 saturated carbocycles. The SMILES string of the molecule is O=C(O)CN=CN(Nc1cc(Cl)cc(Cl)c1)C(c1ccccc1)c1ccccc1. The van der Waals surface area contributed by atoms with Crippen LogP contribution in [0.1, 0.15) is 17.2 Å². The monoisotopic (exact) mass is 427 g/mol. The van der Waals surface area contributed by atoms with Gasteiger partial charge in [-0.3, -0.25) is 20.2 Å². The van der Waals surface area contributed by atoms with Crippen LogP contribution in [0.25, 0.3) is 0 Å². The first kappa shape index (κ1) is 20.7. The maximum atomic E-state index is 11.0. The number of halogens is 2. The van der Waals surface area contributed by atoms with Gasteiger partial charge in [-0.05, 0) is 29.3 Å². The zero-order valence-corrected chi connectivity index (χ0v) is 16.9. The van der Waals surface area contributed by atoms with Crippen molar-refractivity contribution in [2.75, 3.05) is 12.0 Å². The second-order valence-electron chi connectivity index (χ2n) is 6.25. The fourth-order valence-corrected chi connectivity index (χ4v) is 3.44. The second kappa shape index (κ2) is 9.96. The molecule has 3 aromatic rings. The van der Waals surface area contributed by atoms with E-state index in [-0.39, 0.29) is 12.6 Å². The van der Waals surface area contributed by atoms with E-state index in [1.54, 1.807) is 23.2 Å². The van der Waals surface area contributed by atoms with E-state index in [0.29, 0.717) is 15.7 Å². The number of nitrogens with one attached hydrogen (secondary N) is 1. The van der Waals surface area contributed by atoms with Gasteiger partial charge in [0.05, 0.1) is 5.69 Å². The summed E-state index contributed by atoms with van der Waals surface area (Å²) >= 11 is 12.3. The predicted molar refractivity (Wildman–Crippen MR) is 118 cm³/mol. The van der Waals surface area contributed by atoms with Gasteiger partial charge in [0.1, 0.15) is 18.9 Å². The van der Waals surface area contributed by atoms with Crippen molar-refractivity contribution < 1.29 is 9.90 Å². The standard InChI is InChI=1S/C22H19Cl2N3O2/c23-18-11-19(24)13-20(12-18)26-27(15-25-14-21(28)29)22(16-7-3-1-4-8-16)17-9-5-2-6-10-17/h1-13,15,22,26H,14H2,(H,28,29). The molecule has 2 N–H and O–H groups in total. The normalized spacial score (nSPS) is 11.0. The molecule has 0 aliphatic heterocycles. The summed E-state index contributed by atoms with van der Waals surface area (Å²) in [4.78, 5) is 15.0. The van der Waals surface area contributed by atoms with Crippen molar-refractivity contribution in [1.82, 2.24) is 5.01 Å². The summed E-state index contributed by atoms with van der Waals surface area (Å²) in [6.45, 7) is -0.342. The lowest BCUT2D eigenvalue weighted by atomic mass is 9.98. The Balaban J connectivity index is 2.04. The Morgan fingerprint density at radius 3 is 1.97 bits per heavy atom. The Kier molecular flexibility index (Phi) is 7.11. The zero-order chi connectivity index (χ0) is 20.6. The molecule has 3 aromatic carbocycles. The van der Waals surface area contributed by atoms with E-state index in [1.807, 2.05) is 60.7 Å². The van der Waals surface area contributed by atoms with Crippen molar-refractivity contribution in [3.63, 3.8) is 0 Å². The number of hydrazine groups is 1. The average Bonchev–Trinajstić information content (AvgIpc) is 2.69. The van der Waals surface area contributed by atoms with Crippen LogP contribution >= 0.6 is 23.2 Å². The van der Waals surface area contributed by atoms with E-state index in [2.05, 4.69) is 10.4 Å². The molecule has 0 unspecified atom stereocenters. The lowest BCUT2D eigenvalue weighted by molar-refractivity contribution is -0.135. The Morgan fingerprint density at radius 2 is 1.48 bits per heavy atom. The zero-order valence-electron chi connectivity index (χ0n) is 15.4. The van der Waals surface area contributed by atoms with E-state index in [9.17, 15) is 4.79 Å². The number of aliphatic imine (C=N–C) groups is 1. The number of carboxylic acid groups (broad SMARTS) is 1. The number of hydrogen-bond donors (Lipinski definition) is 2. The Morgan fingerprint density at radius 1 is 0.966 bits per heavy atom. The van der Waals surface area contributed by atoms with Crippen LogP contribution in [-0.4, -0.2) is 29.0 Å². The number of carbonyl (C=O) groups is 1. The smallest absolute Gasteiger partial charge is 0.325 e. The van der Waals surface area contributed by atoms with Crippen molar-refractivity contribution in [2.24, 2.45) is 4.99 Å². The summed E-state index contributed by atoms with van der Waals surface area (Å²) in [5, 5.41) is 11.7. The van der Waals surface area contributed by atoms with Crippen LogP contribution in [0, 0.1) is 0 Å². The predicted octanol–water partition coefficient (Wildman–Crippen LogP) is 5.52. The minimum atomic E-state index is -1.01. The van der Waals surface area contributed by atoms with E-state index >= 15 is 0 Å². The van der Waals surface area contributed by atoms with Gasteiger partial charge in [0.2, 0.25) is 0 Å². The fourth-order valence-electron chi connectivity index (χ4n) is 2.92. The van der Waals surface area contributed by atoms with E-state index < -0.39 is 5.97 Å². The van der Waals surface area contributed by atoms with Crippen molar-refractivity contribution in [3.8, 4) is 0 Å². The number of nitrogens with zero attached hydrogens (tertiary/aromatic N) is 2. The van der Waals surface area contributed by atoms with Crippen molar-refractivity contribution >= 4 is 41.2 Å². The summed E-state index contributed by atoms with van der Waals surface area (Å²) in [7, 11) is 0. The molecule has 0 atom stereocenters. The van der Waals surface area contributed by atoms with Crippen LogP contribution in [0.5, 0.6) is 0 Å². The highest BCUT2D eigenvalue weighted by molar-refractivity contribution is 6.35. The van der Waals surface area contributed by atoms with Gasteiger partial charge in [-0.2, -0.15) is 0 Å². The third-order valence-electron chi connectivity index (χ3n) is 4.06. The van der Waals surface area contributed by atoms with Crippen LogP contribution in [0.2, 0.25) is 10.0 Å². The minimum absolute atomic E-state index is 0.271. The Bertz CT molecular complexity index is 922. The van der Waals surface area contributed by atoms with Gasteiger partial charge < -0.3 is 5.11 Å². The summed E-state index contributed by atoms with van der Waals surface area (Å²) in [6.07, 6.45) is 1.48. The van der Waals surface area contributed by atoms with Crippen molar-refractivity contribution in [1.29, 1.82) is 0 Å². The molecule has 0 aromatic heterocycles. The van der Waals surface area contributed by atoms with Crippen LogP contribution < -0.4 is 5.43 Å². The lowest BCUT2D eigenvalue weighted by Crippen LogP contribution is -2.34. The van der Waals surface area contributed by atoms with Crippen LogP contribution in [-0.2, 0) is 4.79 Å². The molecule has 5 nitrogen and oxygen atoms in total. The minimum Gasteiger partial charge on any atom is -0.480 e. The van der Waals surface area contributed by atoms with E-state index in [0.717, 1.165) is 11.1 Å². The molecule has 0 bridgehead atoms. The Hall–Kier alpha value is -3.02. The van der Waals surface area contributed by atoms with E-state index in [1.165, 1.54) is 6.34 Å². The van der Waals surface area contributed by atoms with Gasteiger partial charge in [0.25, 0.3) is 0 Å². The number of rotatable bonds is 8. The van der Waals surface area contributed by atoms with Crippen LogP contribution in [0.4, 0.5) is 5.69 Å². The molecular formula is C22H19Cl2N3O2. The summed E-state index contributed by atoms with van der Waals surface area (Å²) in [6, 6.07) is 24.5. The fraction of sp³-hybridized carbons (Fsp3) is 0.0909. The first-order valence-electron chi connectivity index (χ1n) is 8.85. The second-order valence-corrected chi connectivity index (χ2v) is 7.12. The number of hydrogen-bond acceptors (Lipinski definition) is 3. The number of anilines is 1. The molecule has 0 radical (unpaired) electrons. The first-order valence-corrected chi connectivity index (χ1v) is 9.61.